The fraction of sp³-hybridized carbons (Fsp3) is 0.379. The number of likely N-dealkylation sites (N-methyl/N-ethyl adjacent to an activating group) is 1. The number of amides is 1. The monoisotopic (exact) mass is 534 g/mol. The molecular weight excluding hydrogens is 500 g/mol. The van der Waals surface area contributed by atoms with E-state index in [-0.39, 0.29) is 5.92 Å². The van der Waals surface area contributed by atoms with E-state index in [1.165, 1.54) is 11.9 Å². The molecule has 1 aliphatic heterocycles. The van der Waals surface area contributed by atoms with Crippen LogP contribution < -0.4 is 14.8 Å². The second-order valence-corrected chi connectivity index (χ2v) is 11.5. The molecule has 38 heavy (non-hydrogen) atoms. The highest BCUT2D eigenvalue weighted by atomic mass is 32.2. The summed E-state index contributed by atoms with van der Waals surface area (Å²) in [5.41, 5.74) is 2.36. The van der Waals surface area contributed by atoms with Gasteiger partial charge in [-0.05, 0) is 68.6 Å². The van der Waals surface area contributed by atoms with Gasteiger partial charge in [0.15, 0.2) is 0 Å². The minimum absolute atomic E-state index is 0.222. The summed E-state index contributed by atoms with van der Waals surface area (Å²) in [7, 11) is 4.02. The van der Waals surface area contributed by atoms with Crippen molar-refractivity contribution in [2.45, 2.75) is 50.0 Å². The van der Waals surface area contributed by atoms with E-state index < -0.39 is 23.0 Å². The van der Waals surface area contributed by atoms with Crippen LogP contribution in [0.25, 0.3) is 0 Å². The average Bonchev–Trinajstić information content (AvgIpc) is 3.38. The lowest BCUT2D eigenvalue weighted by molar-refractivity contribution is -0.169. The molecule has 0 saturated heterocycles. The number of fused-ring (bicyclic) bond motifs is 5. The number of carbonyl (C=O) groups excluding carboxylic acids is 2. The lowest BCUT2D eigenvalue weighted by Crippen LogP contribution is -2.60. The van der Waals surface area contributed by atoms with Crippen molar-refractivity contribution in [3.05, 3.63) is 81.5 Å². The molecule has 2 aromatic carbocycles. The summed E-state index contributed by atoms with van der Waals surface area (Å²) >= 11 is 1.43. The van der Waals surface area contributed by atoms with Crippen molar-refractivity contribution in [3.8, 4) is 5.75 Å². The molecule has 0 radical (unpaired) electrons. The molecule has 9 heteroatoms. The molecular formula is C29H34N4O4S. The van der Waals surface area contributed by atoms with Gasteiger partial charge in [-0.3, -0.25) is 14.3 Å². The van der Waals surface area contributed by atoms with Gasteiger partial charge in [0.1, 0.15) is 11.4 Å². The van der Waals surface area contributed by atoms with Crippen LogP contribution in [0.3, 0.4) is 0 Å². The Balaban J connectivity index is 1.54. The van der Waals surface area contributed by atoms with Crippen LogP contribution in [0.4, 0.5) is 0 Å². The normalized spacial score (nSPS) is 21.4. The zero-order valence-electron chi connectivity index (χ0n) is 22.6. The first-order valence-electron chi connectivity index (χ1n) is 12.8. The van der Waals surface area contributed by atoms with E-state index in [2.05, 4.69) is 33.8 Å². The first kappa shape index (κ1) is 26.5. The fourth-order valence-corrected chi connectivity index (χ4v) is 6.04. The molecule has 2 aliphatic rings. The summed E-state index contributed by atoms with van der Waals surface area (Å²) in [4.78, 5) is 33.2. The summed E-state index contributed by atoms with van der Waals surface area (Å²) in [5, 5.41) is 15.9. The highest BCUT2D eigenvalue weighted by Gasteiger charge is 2.71. The average molecular weight is 535 g/mol. The predicted octanol–water partition coefficient (Wildman–Crippen LogP) is 3.97. The molecule has 1 aromatic heterocycles. The molecule has 2 heterocycles. The van der Waals surface area contributed by atoms with Crippen LogP contribution in [0.2, 0.25) is 0 Å². The van der Waals surface area contributed by atoms with E-state index in [9.17, 15) is 14.7 Å². The quantitative estimate of drug-likeness (QED) is 0.256. The molecule has 200 valence electrons. The third-order valence-corrected chi connectivity index (χ3v) is 8.56. The van der Waals surface area contributed by atoms with E-state index in [4.69, 9.17) is 4.74 Å². The van der Waals surface area contributed by atoms with Gasteiger partial charge in [0, 0.05) is 29.8 Å². The zero-order valence-corrected chi connectivity index (χ0v) is 23.4. The molecule has 4 N–H and O–H groups in total. The third-order valence-electron chi connectivity index (χ3n) is 7.60. The summed E-state index contributed by atoms with van der Waals surface area (Å²) in [5.74, 6) is -2.35. The standard InChI is InChI=1S/C29H34N4O4S/c1-16(2)19-11-12-22-23(15-19)37-29(36)21-10-8-7-9-20(21)25(34)28(22,29)32-26(35)24-17(3)18(4)27(31-24)38-30-13-14-33(5)6/h7-12,15-16,30-31,36H,13-14H2,1-6H3,(H,32,35). The number of Topliss-reactive ketones (excluding diaryl/α,β-unsaturated/α-hetero) is 1. The van der Waals surface area contributed by atoms with Crippen LogP contribution in [0.5, 0.6) is 5.75 Å². The minimum Gasteiger partial charge on any atom is -0.454 e. The largest absolute Gasteiger partial charge is 0.454 e. The van der Waals surface area contributed by atoms with Crippen molar-refractivity contribution in [2.75, 3.05) is 27.2 Å². The number of hydrogen-bond donors (Lipinski definition) is 4. The van der Waals surface area contributed by atoms with Crippen molar-refractivity contribution >= 4 is 23.6 Å². The van der Waals surface area contributed by atoms with Gasteiger partial charge in [-0.2, -0.15) is 0 Å². The fourth-order valence-electron chi connectivity index (χ4n) is 5.24. The second-order valence-electron chi connectivity index (χ2n) is 10.6. The van der Waals surface area contributed by atoms with Gasteiger partial charge < -0.3 is 25.0 Å². The molecule has 1 aliphatic carbocycles. The number of benzene rings is 2. The number of ether oxygens (including phenoxy) is 1. The predicted molar refractivity (Wildman–Crippen MR) is 148 cm³/mol. The topological polar surface area (TPSA) is 107 Å². The van der Waals surface area contributed by atoms with Gasteiger partial charge in [-0.1, -0.05) is 50.2 Å². The van der Waals surface area contributed by atoms with Crippen molar-refractivity contribution < 1.29 is 19.4 Å². The molecule has 3 aromatic rings. The zero-order chi connectivity index (χ0) is 27.4. The van der Waals surface area contributed by atoms with E-state index in [1.54, 1.807) is 30.3 Å². The number of aromatic nitrogens is 1. The molecule has 2 unspecified atom stereocenters. The summed E-state index contributed by atoms with van der Waals surface area (Å²) in [6.45, 7) is 9.59. The SMILES string of the molecule is Cc1c(SNCCN(C)C)[nH]c(C(=O)NC23C(=O)c4ccccc4C2(O)Oc2cc(C(C)C)ccc23)c1C. The Hall–Kier alpha value is -3.11. The number of carbonyl (C=O) groups is 2. The number of rotatable bonds is 8. The molecule has 0 fully saturated rings. The van der Waals surface area contributed by atoms with Crippen LogP contribution in [0.1, 0.15) is 68.4 Å². The van der Waals surface area contributed by atoms with Crippen molar-refractivity contribution in [3.63, 3.8) is 0 Å². The third kappa shape index (κ3) is 3.88. The number of nitrogens with zero attached hydrogens (tertiary/aromatic N) is 1. The summed E-state index contributed by atoms with van der Waals surface area (Å²) in [6, 6.07) is 12.4. The van der Waals surface area contributed by atoms with E-state index in [0.717, 1.165) is 34.8 Å². The molecule has 1 amide bonds. The Morgan fingerprint density at radius 1 is 1.13 bits per heavy atom. The minimum atomic E-state index is -2.07. The lowest BCUT2D eigenvalue weighted by atomic mass is 9.82. The first-order chi connectivity index (χ1) is 18.0. The molecule has 0 spiro atoms. The number of aromatic amines is 1. The van der Waals surface area contributed by atoms with Gasteiger partial charge in [-0.15, -0.1) is 0 Å². The number of nitrogens with one attached hydrogen (secondary N) is 3. The number of hydrogen-bond acceptors (Lipinski definition) is 7. The molecule has 5 rings (SSSR count). The van der Waals surface area contributed by atoms with Crippen LogP contribution in [0.15, 0.2) is 47.5 Å². The van der Waals surface area contributed by atoms with Crippen molar-refractivity contribution in [1.82, 2.24) is 19.9 Å². The molecule has 2 atom stereocenters. The summed E-state index contributed by atoms with van der Waals surface area (Å²) in [6.07, 6.45) is 0. The van der Waals surface area contributed by atoms with Gasteiger partial charge >= 0.3 is 0 Å². The Kier molecular flexibility index (Phi) is 6.67. The lowest BCUT2D eigenvalue weighted by Gasteiger charge is -2.34. The Morgan fingerprint density at radius 3 is 2.58 bits per heavy atom. The Bertz CT molecular complexity index is 1430. The van der Waals surface area contributed by atoms with Crippen LogP contribution in [-0.4, -0.2) is 53.9 Å². The van der Waals surface area contributed by atoms with Gasteiger partial charge in [0.2, 0.25) is 11.3 Å². The maximum Gasteiger partial charge on any atom is 0.271 e. The molecule has 0 saturated carbocycles. The number of H-pyrrole nitrogens is 1. The Labute approximate surface area is 227 Å². The van der Waals surface area contributed by atoms with Crippen LogP contribution in [-0.2, 0) is 11.3 Å². The van der Waals surface area contributed by atoms with Crippen molar-refractivity contribution in [1.29, 1.82) is 0 Å². The van der Waals surface area contributed by atoms with Gasteiger partial charge in [0.25, 0.3) is 11.7 Å². The first-order valence-corrected chi connectivity index (χ1v) is 13.6. The number of ketones is 1. The van der Waals surface area contributed by atoms with Crippen molar-refractivity contribution in [2.24, 2.45) is 0 Å². The van der Waals surface area contributed by atoms with Gasteiger partial charge in [0.05, 0.1) is 5.03 Å². The van der Waals surface area contributed by atoms with E-state index in [1.807, 2.05) is 40.1 Å². The smallest absolute Gasteiger partial charge is 0.271 e. The highest BCUT2D eigenvalue weighted by Crippen LogP contribution is 2.58. The molecule has 0 bridgehead atoms. The maximum atomic E-state index is 14.1. The number of aliphatic hydroxyl groups is 1. The maximum absolute atomic E-state index is 14.1. The summed E-state index contributed by atoms with van der Waals surface area (Å²) < 4.78 is 9.49. The highest BCUT2D eigenvalue weighted by molar-refractivity contribution is 7.97. The van der Waals surface area contributed by atoms with E-state index >= 15 is 0 Å². The van der Waals surface area contributed by atoms with Gasteiger partial charge in [-0.25, -0.2) is 0 Å². The van der Waals surface area contributed by atoms with E-state index in [0.29, 0.717) is 28.1 Å². The second kappa shape index (κ2) is 9.57. The Morgan fingerprint density at radius 2 is 1.87 bits per heavy atom. The van der Waals surface area contributed by atoms with Crippen LogP contribution >= 0.6 is 11.9 Å². The van der Waals surface area contributed by atoms with Crippen LogP contribution in [0, 0.1) is 13.8 Å². The molecule has 8 nitrogen and oxygen atoms in total.